The predicted molar refractivity (Wildman–Crippen MR) is 423 cm³/mol. The minimum Gasteiger partial charge on any atom is -0.508 e. The van der Waals surface area contributed by atoms with Gasteiger partial charge in [-0.3, -0.25) is 28.8 Å². The first-order valence-corrected chi connectivity index (χ1v) is 41.2. The van der Waals surface area contributed by atoms with Crippen LogP contribution >= 0.6 is 152 Å². The molecule has 0 amide bonds. The molecule has 0 fully saturated rings. The van der Waals surface area contributed by atoms with Crippen LogP contribution in [0.2, 0.25) is 35.2 Å². The Morgan fingerprint density at radius 2 is 0.620 bits per heavy atom. The minimum absolute atomic E-state index is 0.0138. The van der Waals surface area contributed by atoms with Crippen molar-refractivity contribution in [3.05, 3.63) is 163 Å². The number of rotatable bonds is 43. The van der Waals surface area contributed by atoms with Crippen LogP contribution in [0.4, 0.5) is 0 Å². The van der Waals surface area contributed by atoms with Gasteiger partial charge >= 0.3 is 35.8 Å². The lowest BCUT2D eigenvalue weighted by atomic mass is 10.1. The number of halogens is 7. The van der Waals surface area contributed by atoms with Gasteiger partial charge in [-0.2, -0.15) is 0 Å². The minimum atomic E-state index is -0.874. The van der Waals surface area contributed by atoms with Crippen LogP contribution in [0.1, 0.15) is 161 Å². The SMILES string of the molecule is O=C(O)CCCCCCCCCSc1ccc(O)cc1.O=C(O)CCCCCCCCCSc1cccc(O)c1.O=C(O)CCCCCSc1cc(Cl)ccc1Cl.O=C(O)CCCCCSc1ccc(Cl)c(Cl)c1.O=C(O)CCSc1ccccc1Cl.O=C(O)CSc1cc(Cl)ccc1Cl. The number of unbranched alkanes of at least 4 members (excludes halogenated alkanes) is 16. The summed E-state index contributed by atoms with van der Waals surface area (Å²) in [5, 5.41) is 73.6. The van der Waals surface area contributed by atoms with Crippen molar-refractivity contribution in [1.29, 1.82) is 0 Å². The van der Waals surface area contributed by atoms with Crippen LogP contribution in [-0.2, 0) is 28.8 Å². The number of hydrogen-bond acceptors (Lipinski definition) is 14. The lowest BCUT2D eigenvalue weighted by Gasteiger charge is -2.04. The number of thioether (sulfide) groups is 6. The van der Waals surface area contributed by atoms with Gasteiger partial charge in [0.25, 0.3) is 0 Å². The number of carboxylic acids is 6. The highest BCUT2D eigenvalue weighted by Gasteiger charge is 2.08. The lowest BCUT2D eigenvalue weighted by Crippen LogP contribution is -1.97. The first-order valence-electron chi connectivity index (χ1n) is 32.6. The second-order valence-corrected chi connectivity index (χ2v) is 31.6. The van der Waals surface area contributed by atoms with E-state index in [1.165, 1.54) is 68.0 Å². The van der Waals surface area contributed by atoms with Crippen molar-refractivity contribution in [1.82, 2.24) is 0 Å². The van der Waals surface area contributed by atoms with Gasteiger partial charge in [0.05, 0.1) is 37.3 Å². The van der Waals surface area contributed by atoms with Crippen molar-refractivity contribution >= 4 is 188 Å². The fourth-order valence-electron chi connectivity index (χ4n) is 8.19. The monoisotopic (exact) mass is 1630 g/mol. The number of phenolic OH excluding ortho intramolecular Hbond substituents is 2. The Morgan fingerprint density at radius 1 is 0.260 bits per heavy atom. The third-order valence-corrected chi connectivity index (χ3v) is 22.3. The molecule has 6 rings (SSSR count). The quantitative estimate of drug-likeness (QED) is 0.0131. The molecule has 0 aliphatic heterocycles. The summed E-state index contributed by atoms with van der Waals surface area (Å²) in [6.07, 6.45) is 22.4. The van der Waals surface area contributed by atoms with Gasteiger partial charge in [0.15, 0.2) is 0 Å². The first kappa shape index (κ1) is 93.9. The molecule has 0 radical (unpaired) electrons. The molecule has 0 unspecified atom stereocenters. The van der Waals surface area contributed by atoms with E-state index in [1.807, 2.05) is 72.4 Å². The predicted octanol–water partition coefficient (Wildman–Crippen LogP) is 24.9. The summed E-state index contributed by atoms with van der Waals surface area (Å²) in [6.45, 7) is 0. The highest BCUT2D eigenvalue weighted by molar-refractivity contribution is 8.00. The van der Waals surface area contributed by atoms with Gasteiger partial charge in [-0.25, -0.2) is 0 Å². The molecule has 8 N–H and O–H groups in total. The normalized spacial score (nSPS) is 10.4. The van der Waals surface area contributed by atoms with Gasteiger partial charge < -0.3 is 40.9 Å². The fraction of sp³-hybridized carbons (Fsp3) is 0.425. The van der Waals surface area contributed by atoms with Crippen LogP contribution < -0.4 is 0 Å². The average Bonchev–Trinajstić information content (AvgIpc) is 0.937. The van der Waals surface area contributed by atoms with E-state index in [0.717, 1.165) is 131 Å². The summed E-state index contributed by atoms with van der Waals surface area (Å²) in [4.78, 5) is 67.8. The van der Waals surface area contributed by atoms with E-state index in [1.54, 1.807) is 102 Å². The fourth-order valence-corrected chi connectivity index (χ4v) is 15.3. The second kappa shape index (κ2) is 61.2. The molecule has 0 saturated carbocycles. The lowest BCUT2D eigenvalue weighted by molar-refractivity contribution is -0.138. The van der Waals surface area contributed by atoms with E-state index >= 15 is 0 Å². The molecule has 6 aromatic carbocycles. The Bertz CT molecular complexity index is 3270. The third kappa shape index (κ3) is 55.4. The first-order chi connectivity index (χ1) is 47.8. The Kier molecular flexibility index (Phi) is 57.5. The molecule has 0 aliphatic rings. The number of phenols is 2. The van der Waals surface area contributed by atoms with Gasteiger partial charge in [0.2, 0.25) is 0 Å². The smallest absolute Gasteiger partial charge is 0.313 e. The maximum atomic E-state index is 10.3. The molecule has 14 nitrogen and oxygen atoms in total. The van der Waals surface area contributed by atoms with Gasteiger partial charge in [0, 0.05) is 70.9 Å². The number of benzene rings is 6. The van der Waals surface area contributed by atoms with Crippen LogP contribution in [0.5, 0.6) is 11.5 Å². The Morgan fingerprint density at radius 3 is 1.05 bits per heavy atom. The van der Waals surface area contributed by atoms with Crippen molar-refractivity contribution in [2.45, 2.75) is 190 Å². The van der Waals surface area contributed by atoms with E-state index in [2.05, 4.69) is 0 Å². The van der Waals surface area contributed by atoms with Gasteiger partial charge in [-0.1, -0.05) is 176 Å². The van der Waals surface area contributed by atoms with E-state index in [9.17, 15) is 39.0 Å². The highest BCUT2D eigenvalue weighted by atomic mass is 35.5. The topological polar surface area (TPSA) is 264 Å². The largest absolute Gasteiger partial charge is 0.508 e. The standard InChI is InChI=1S/2C16H24O3S.2C12H14Cl2O2S.C9H9ClO2S.C8H6Cl2O2S/c17-14-9-8-10-15(13-14)20-12-7-5-3-1-2-4-6-11-16(18)19;17-14-9-11-15(12-10-14)20-13-7-5-3-1-2-4-6-8-16(18)19;13-10-6-5-9(8-11(10)14)17-7-3-1-2-4-12(15)16;13-9-5-6-10(14)11(8-9)17-7-3-1-2-4-12(15)16;10-7-3-1-2-4-8(7)13-6-5-9(11)12;9-5-1-2-6(10)7(3-5)13-4-8(11)12/h8-10,13,17H,1-7,11-12H2,(H,18,19);9-12,17H,1-8,13H2,(H,18,19);2*5-6,8H,1-4,7H2,(H,15,16);1-4H,5-6H2,(H,11,12);1-3H,4H2,(H,11,12). The highest BCUT2D eigenvalue weighted by Crippen LogP contribution is 2.33. The summed E-state index contributed by atoms with van der Waals surface area (Å²) >= 11 is 50.6. The van der Waals surface area contributed by atoms with Gasteiger partial charge in [-0.05, 0) is 184 Å². The van der Waals surface area contributed by atoms with Gasteiger partial charge in [-0.15, -0.1) is 70.6 Å². The molecule has 100 heavy (non-hydrogen) atoms. The number of hydrogen-bond donors (Lipinski definition) is 8. The molecule has 0 atom stereocenters. The zero-order valence-corrected chi connectivity index (χ0v) is 65.9. The van der Waals surface area contributed by atoms with Crippen molar-refractivity contribution < 1.29 is 69.6 Å². The average molecular weight is 1630 g/mol. The van der Waals surface area contributed by atoms with Crippen molar-refractivity contribution in [2.24, 2.45) is 0 Å². The molecular weight excluding hydrogens is 1540 g/mol. The number of carbonyl (C=O) groups is 6. The molecule has 552 valence electrons. The van der Waals surface area contributed by atoms with E-state index in [0.29, 0.717) is 70.1 Å². The number of aliphatic carboxylic acids is 6. The molecule has 6 aromatic rings. The molecular formula is C73H91Cl7O14S6. The summed E-state index contributed by atoms with van der Waals surface area (Å²) < 4.78 is 0. The van der Waals surface area contributed by atoms with Crippen LogP contribution in [-0.4, -0.2) is 111 Å². The van der Waals surface area contributed by atoms with Crippen molar-refractivity contribution in [3.8, 4) is 11.5 Å². The molecule has 0 aromatic heterocycles. The zero-order valence-electron chi connectivity index (χ0n) is 55.7. The summed E-state index contributed by atoms with van der Waals surface area (Å²) in [5.41, 5.74) is 0. The Hall–Kier alpha value is -4.13. The molecule has 0 aliphatic carbocycles. The van der Waals surface area contributed by atoms with E-state index in [4.69, 9.17) is 112 Å². The summed E-state index contributed by atoms with van der Waals surface area (Å²) in [6, 6.07) is 38.1. The Labute approximate surface area is 649 Å². The van der Waals surface area contributed by atoms with Crippen LogP contribution in [0, 0.1) is 0 Å². The second-order valence-electron chi connectivity index (χ2n) is 21.9. The number of carboxylic acid groups (broad SMARTS) is 6. The van der Waals surface area contributed by atoms with E-state index < -0.39 is 35.8 Å². The van der Waals surface area contributed by atoms with Crippen LogP contribution in [0.3, 0.4) is 0 Å². The molecule has 0 saturated heterocycles. The molecule has 0 spiro atoms. The maximum Gasteiger partial charge on any atom is 0.313 e. The summed E-state index contributed by atoms with van der Waals surface area (Å²) in [7, 11) is 0. The molecule has 27 heteroatoms. The van der Waals surface area contributed by atoms with Crippen LogP contribution in [0.15, 0.2) is 157 Å². The van der Waals surface area contributed by atoms with Crippen LogP contribution in [0.25, 0.3) is 0 Å². The summed E-state index contributed by atoms with van der Waals surface area (Å²) in [5.74, 6) is 0.819. The maximum absolute atomic E-state index is 10.3. The zero-order chi connectivity index (χ0) is 74.1. The van der Waals surface area contributed by atoms with Gasteiger partial charge in [0.1, 0.15) is 11.5 Å². The van der Waals surface area contributed by atoms with Crippen molar-refractivity contribution in [2.75, 3.05) is 34.5 Å². The Balaban J connectivity index is 0.000000604. The van der Waals surface area contributed by atoms with Crippen molar-refractivity contribution in [3.63, 3.8) is 0 Å². The number of aromatic hydroxyl groups is 2. The van der Waals surface area contributed by atoms with E-state index in [-0.39, 0.29) is 25.0 Å². The third-order valence-electron chi connectivity index (χ3n) is 13.3. The molecule has 0 bridgehead atoms. The molecule has 0 heterocycles.